The van der Waals surface area contributed by atoms with Crippen molar-refractivity contribution in [3.8, 4) is 0 Å². The first-order chi connectivity index (χ1) is 6.29. The molecule has 1 rings (SSSR count). The van der Waals surface area contributed by atoms with E-state index in [-0.39, 0.29) is 6.29 Å². The van der Waals surface area contributed by atoms with E-state index in [2.05, 4.69) is 13.8 Å². The van der Waals surface area contributed by atoms with Gasteiger partial charge in [-0.3, -0.25) is 0 Å². The molecule has 0 aromatic heterocycles. The van der Waals surface area contributed by atoms with Crippen LogP contribution in [0.2, 0.25) is 0 Å². The van der Waals surface area contributed by atoms with E-state index in [1.165, 1.54) is 12.8 Å². The van der Waals surface area contributed by atoms with E-state index in [1.54, 1.807) is 0 Å². The van der Waals surface area contributed by atoms with Crippen molar-refractivity contribution in [3.05, 3.63) is 0 Å². The Bertz CT molecular complexity index is 96.3. The zero-order chi connectivity index (χ0) is 10.1. The van der Waals surface area contributed by atoms with Gasteiger partial charge in [0, 0.05) is 6.61 Å². The highest BCUT2D eigenvalue weighted by molar-refractivity contribution is 4.54. The molecular weight excluding hydrogens is 164 g/mol. The first kappa shape index (κ1) is 12.9. The number of rotatable bonds is 3. The van der Waals surface area contributed by atoms with Gasteiger partial charge in [-0.1, -0.05) is 27.7 Å². The normalized spacial score (nSPS) is 22.4. The van der Waals surface area contributed by atoms with Crippen LogP contribution >= 0.6 is 0 Å². The molecule has 13 heavy (non-hydrogen) atoms. The molecule has 2 nitrogen and oxygen atoms in total. The summed E-state index contributed by atoms with van der Waals surface area (Å²) >= 11 is 0. The van der Waals surface area contributed by atoms with Gasteiger partial charge >= 0.3 is 0 Å². The van der Waals surface area contributed by atoms with E-state index >= 15 is 0 Å². The molecule has 0 amide bonds. The highest BCUT2D eigenvalue weighted by atomic mass is 16.7. The lowest BCUT2D eigenvalue weighted by molar-refractivity contribution is -0.167. The van der Waals surface area contributed by atoms with Gasteiger partial charge in [-0.2, -0.15) is 0 Å². The summed E-state index contributed by atoms with van der Waals surface area (Å²) in [7, 11) is 0. The van der Waals surface area contributed by atoms with Crippen LogP contribution in [0.4, 0.5) is 0 Å². The van der Waals surface area contributed by atoms with E-state index in [0.29, 0.717) is 5.92 Å². The van der Waals surface area contributed by atoms with E-state index < -0.39 is 0 Å². The van der Waals surface area contributed by atoms with Crippen molar-refractivity contribution in [3.63, 3.8) is 0 Å². The molecule has 0 N–H and O–H groups in total. The highest BCUT2D eigenvalue weighted by Gasteiger charge is 2.13. The molecule has 0 bridgehead atoms. The van der Waals surface area contributed by atoms with Gasteiger partial charge in [-0.05, 0) is 25.2 Å². The fraction of sp³-hybridized carbons (Fsp3) is 1.00. The number of ether oxygens (including phenoxy) is 2. The Morgan fingerprint density at radius 2 is 2.00 bits per heavy atom. The molecule has 1 aliphatic heterocycles. The Kier molecular flexibility index (Phi) is 8.46. The fourth-order valence-electron chi connectivity index (χ4n) is 1.14. The Balaban J connectivity index is 0.000000671. The zero-order valence-corrected chi connectivity index (χ0v) is 9.51. The second-order valence-corrected chi connectivity index (χ2v) is 3.52. The quantitative estimate of drug-likeness (QED) is 0.677. The molecule has 1 unspecified atom stereocenters. The molecule has 0 aliphatic carbocycles. The SMILES string of the molecule is CC.CC(C)COC1CCCCO1. The lowest BCUT2D eigenvalue weighted by Gasteiger charge is -2.23. The maximum Gasteiger partial charge on any atom is 0.157 e. The maximum atomic E-state index is 5.52. The zero-order valence-electron chi connectivity index (χ0n) is 9.51. The Labute approximate surface area is 82.6 Å². The van der Waals surface area contributed by atoms with E-state index in [9.17, 15) is 0 Å². The Morgan fingerprint density at radius 3 is 2.46 bits per heavy atom. The van der Waals surface area contributed by atoms with E-state index in [4.69, 9.17) is 9.47 Å². The topological polar surface area (TPSA) is 18.5 Å². The minimum absolute atomic E-state index is 0.0890. The van der Waals surface area contributed by atoms with Crippen molar-refractivity contribution in [2.24, 2.45) is 5.92 Å². The average molecular weight is 188 g/mol. The Hall–Kier alpha value is -0.0800. The second kappa shape index (κ2) is 8.52. The molecule has 0 radical (unpaired) electrons. The summed E-state index contributed by atoms with van der Waals surface area (Å²) in [5.41, 5.74) is 0. The summed E-state index contributed by atoms with van der Waals surface area (Å²) in [5, 5.41) is 0. The lowest BCUT2D eigenvalue weighted by atomic mass is 10.2. The standard InChI is InChI=1S/C9H18O2.C2H6/c1-8(2)7-11-9-5-3-4-6-10-9;1-2/h8-9H,3-7H2,1-2H3;1-2H3. The van der Waals surface area contributed by atoms with Crippen LogP contribution in [-0.2, 0) is 9.47 Å². The minimum Gasteiger partial charge on any atom is -0.353 e. The molecule has 0 spiro atoms. The summed E-state index contributed by atoms with van der Waals surface area (Å²) in [6.45, 7) is 10.0. The van der Waals surface area contributed by atoms with Crippen LogP contribution in [0.3, 0.4) is 0 Å². The highest BCUT2D eigenvalue weighted by Crippen LogP contribution is 2.14. The van der Waals surface area contributed by atoms with Crippen LogP contribution in [0, 0.1) is 5.92 Å². The molecule has 0 aromatic carbocycles. The summed E-state index contributed by atoms with van der Waals surface area (Å²) in [4.78, 5) is 0. The van der Waals surface area contributed by atoms with Crippen molar-refractivity contribution >= 4 is 0 Å². The molecule has 1 saturated heterocycles. The minimum atomic E-state index is 0.0890. The van der Waals surface area contributed by atoms with E-state index in [1.807, 2.05) is 13.8 Å². The predicted octanol–water partition coefficient (Wildman–Crippen LogP) is 3.21. The molecule has 0 aromatic rings. The van der Waals surface area contributed by atoms with Gasteiger partial charge in [0.1, 0.15) is 0 Å². The van der Waals surface area contributed by atoms with Crippen LogP contribution in [0.1, 0.15) is 47.0 Å². The smallest absolute Gasteiger partial charge is 0.157 e. The molecule has 80 valence electrons. The van der Waals surface area contributed by atoms with Gasteiger partial charge in [-0.15, -0.1) is 0 Å². The van der Waals surface area contributed by atoms with Crippen LogP contribution in [0.15, 0.2) is 0 Å². The van der Waals surface area contributed by atoms with Gasteiger partial charge in [0.05, 0.1) is 6.61 Å². The maximum absolute atomic E-state index is 5.52. The second-order valence-electron chi connectivity index (χ2n) is 3.52. The summed E-state index contributed by atoms with van der Waals surface area (Å²) in [6.07, 6.45) is 3.61. The van der Waals surface area contributed by atoms with Gasteiger partial charge in [0.25, 0.3) is 0 Å². The summed E-state index contributed by atoms with van der Waals surface area (Å²) in [5.74, 6) is 0.612. The van der Waals surface area contributed by atoms with Crippen molar-refractivity contribution < 1.29 is 9.47 Å². The van der Waals surface area contributed by atoms with Crippen molar-refractivity contribution in [1.29, 1.82) is 0 Å². The third kappa shape index (κ3) is 7.03. The first-order valence-corrected chi connectivity index (χ1v) is 5.52. The Morgan fingerprint density at radius 1 is 1.31 bits per heavy atom. The first-order valence-electron chi connectivity index (χ1n) is 5.52. The van der Waals surface area contributed by atoms with Crippen molar-refractivity contribution in [2.45, 2.75) is 53.2 Å². The van der Waals surface area contributed by atoms with Gasteiger partial charge in [-0.25, -0.2) is 0 Å². The molecule has 0 saturated carbocycles. The largest absolute Gasteiger partial charge is 0.353 e. The van der Waals surface area contributed by atoms with Crippen LogP contribution in [0.5, 0.6) is 0 Å². The molecule has 1 aliphatic rings. The lowest BCUT2D eigenvalue weighted by Crippen LogP contribution is -2.23. The molecular formula is C11H24O2. The van der Waals surface area contributed by atoms with Crippen LogP contribution in [-0.4, -0.2) is 19.5 Å². The predicted molar refractivity (Wildman–Crippen MR) is 55.7 cm³/mol. The van der Waals surface area contributed by atoms with Gasteiger partial charge < -0.3 is 9.47 Å². The van der Waals surface area contributed by atoms with Crippen molar-refractivity contribution in [1.82, 2.24) is 0 Å². The van der Waals surface area contributed by atoms with Crippen molar-refractivity contribution in [2.75, 3.05) is 13.2 Å². The number of hydrogen-bond acceptors (Lipinski definition) is 2. The summed E-state index contributed by atoms with van der Waals surface area (Å²) < 4.78 is 10.9. The molecule has 1 atom stereocenters. The summed E-state index contributed by atoms with van der Waals surface area (Å²) in [6, 6.07) is 0. The molecule has 1 heterocycles. The number of hydrogen-bond donors (Lipinski definition) is 0. The molecule has 2 heteroatoms. The van der Waals surface area contributed by atoms with Gasteiger partial charge in [0.2, 0.25) is 0 Å². The van der Waals surface area contributed by atoms with Crippen LogP contribution < -0.4 is 0 Å². The molecule has 1 fully saturated rings. The monoisotopic (exact) mass is 188 g/mol. The third-order valence-corrected chi connectivity index (χ3v) is 1.75. The van der Waals surface area contributed by atoms with Crippen LogP contribution in [0.25, 0.3) is 0 Å². The van der Waals surface area contributed by atoms with Gasteiger partial charge in [0.15, 0.2) is 6.29 Å². The average Bonchev–Trinajstić information content (AvgIpc) is 2.19. The van der Waals surface area contributed by atoms with E-state index in [0.717, 1.165) is 19.6 Å². The fourth-order valence-corrected chi connectivity index (χ4v) is 1.14. The third-order valence-electron chi connectivity index (χ3n) is 1.75.